The molecule has 234 valence electrons. The van der Waals surface area contributed by atoms with Crippen molar-refractivity contribution in [1.82, 2.24) is 10.3 Å². The number of ether oxygens (including phenoxy) is 1. The fourth-order valence-electron chi connectivity index (χ4n) is 6.14. The Morgan fingerprint density at radius 1 is 1.19 bits per heavy atom. The Balaban J connectivity index is 1.41. The van der Waals surface area contributed by atoms with Gasteiger partial charge in [-0.05, 0) is 92.3 Å². The fourth-order valence-corrected chi connectivity index (χ4v) is 6.14. The zero-order valence-corrected chi connectivity index (χ0v) is 25.3. The molecule has 2 heterocycles. The first-order valence-electron chi connectivity index (χ1n) is 15.8. The Labute approximate surface area is 256 Å². The van der Waals surface area contributed by atoms with Crippen LogP contribution in [0.2, 0.25) is 0 Å². The topological polar surface area (TPSA) is 144 Å². The van der Waals surface area contributed by atoms with E-state index in [0.717, 1.165) is 48.9 Å². The van der Waals surface area contributed by atoms with E-state index in [1.165, 1.54) is 0 Å². The number of aromatic amines is 1. The van der Waals surface area contributed by atoms with Gasteiger partial charge in [0.25, 0.3) is 0 Å². The summed E-state index contributed by atoms with van der Waals surface area (Å²) in [7, 11) is 0. The van der Waals surface area contributed by atoms with Crippen molar-refractivity contribution in [2.75, 3.05) is 13.2 Å². The Hall–Kier alpha value is -3.38. The SMILES string of the molecule is CC[C@H]1C#CC[C@H]([C@H](O)CCc2ccc(O)c(O[C@H](CO)C[C@H](Cc3ccc[nH]3)C3=CCNC(N)=C3)c2)[C@@H](O)CCCC1. The van der Waals surface area contributed by atoms with Gasteiger partial charge in [0.15, 0.2) is 11.5 Å². The molecule has 0 amide bonds. The minimum absolute atomic E-state index is 0.00241. The highest BCUT2D eigenvalue weighted by atomic mass is 16.5. The number of H-pyrrole nitrogens is 1. The van der Waals surface area contributed by atoms with Gasteiger partial charge in [0.1, 0.15) is 6.10 Å². The summed E-state index contributed by atoms with van der Waals surface area (Å²) in [6, 6.07) is 9.19. The maximum atomic E-state index is 11.1. The van der Waals surface area contributed by atoms with Crippen LogP contribution < -0.4 is 15.8 Å². The van der Waals surface area contributed by atoms with Crippen LogP contribution in [0.4, 0.5) is 0 Å². The Morgan fingerprint density at radius 2 is 2.02 bits per heavy atom. The third-order valence-corrected chi connectivity index (χ3v) is 8.79. The maximum Gasteiger partial charge on any atom is 0.161 e. The van der Waals surface area contributed by atoms with Crippen molar-refractivity contribution in [3.63, 3.8) is 0 Å². The van der Waals surface area contributed by atoms with E-state index in [-0.39, 0.29) is 24.2 Å². The number of dihydropyridines is 1. The summed E-state index contributed by atoms with van der Waals surface area (Å²) in [5.41, 5.74) is 9.11. The van der Waals surface area contributed by atoms with Gasteiger partial charge in [0.2, 0.25) is 0 Å². The largest absolute Gasteiger partial charge is 0.504 e. The summed E-state index contributed by atoms with van der Waals surface area (Å²) in [5, 5.41) is 45.9. The molecule has 8 N–H and O–H groups in total. The predicted molar refractivity (Wildman–Crippen MR) is 169 cm³/mol. The number of hydrogen-bond acceptors (Lipinski definition) is 7. The third kappa shape index (κ3) is 9.82. The molecule has 0 saturated carbocycles. The van der Waals surface area contributed by atoms with E-state index in [1.54, 1.807) is 12.1 Å². The number of aliphatic hydroxyl groups excluding tert-OH is 3. The van der Waals surface area contributed by atoms with Crippen molar-refractivity contribution in [3.05, 3.63) is 71.3 Å². The van der Waals surface area contributed by atoms with Gasteiger partial charge in [0, 0.05) is 36.7 Å². The maximum absolute atomic E-state index is 11.1. The quantitative estimate of drug-likeness (QED) is 0.172. The molecule has 0 saturated heterocycles. The second kappa shape index (κ2) is 16.5. The summed E-state index contributed by atoms with van der Waals surface area (Å²) < 4.78 is 6.19. The molecule has 0 fully saturated rings. The van der Waals surface area contributed by atoms with Gasteiger partial charge < -0.3 is 41.2 Å². The number of aromatic nitrogens is 1. The number of rotatable bonds is 13. The molecular formula is C35H49N3O5. The zero-order valence-electron chi connectivity index (χ0n) is 25.3. The van der Waals surface area contributed by atoms with Gasteiger partial charge in [-0.25, -0.2) is 0 Å². The molecule has 0 spiro atoms. The van der Waals surface area contributed by atoms with E-state index in [1.807, 2.05) is 30.5 Å². The molecule has 1 aliphatic carbocycles. The molecule has 0 radical (unpaired) electrons. The number of hydrogen-bond donors (Lipinski definition) is 7. The molecule has 0 bridgehead atoms. The van der Waals surface area contributed by atoms with Crippen molar-refractivity contribution in [3.8, 4) is 23.3 Å². The van der Waals surface area contributed by atoms with E-state index >= 15 is 0 Å². The lowest BCUT2D eigenvalue weighted by Crippen LogP contribution is -2.32. The normalized spacial score (nSPS) is 23.0. The van der Waals surface area contributed by atoms with Crippen molar-refractivity contribution in [1.29, 1.82) is 0 Å². The molecule has 1 aliphatic heterocycles. The van der Waals surface area contributed by atoms with Gasteiger partial charge in [-0.15, -0.1) is 5.92 Å². The van der Waals surface area contributed by atoms with Crippen LogP contribution >= 0.6 is 0 Å². The third-order valence-electron chi connectivity index (χ3n) is 8.79. The number of aryl methyl sites for hydroxylation is 1. The lowest BCUT2D eigenvalue weighted by atomic mass is 9.85. The van der Waals surface area contributed by atoms with Crippen LogP contribution in [-0.4, -0.2) is 56.9 Å². The number of allylic oxidation sites excluding steroid dienone is 2. The molecule has 2 aromatic rings. The van der Waals surface area contributed by atoms with Crippen molar-refractivity contribution >= 4 is 0 Å². The smallest absolute Gasteiger partial charge is 0.161 e. The first-order chi connectivity index (χ1) is 20.9. The van der Waals surface area contributed by atoms with E-state index in [9.17, 15) is 20.4 Å². The first-order valence-corrected chi connectivity index (χ1v) is 15.8. The second-order valence-electron chi connectivity index (χ2n) is 12.0. The Bertz CT molecular complexity index is 1260. The number of nitrogens with one attached hydrogen (secondary N) is 2. The molecule has 4 rings (SSSR count). The molecule has 6 atom stereocenters. The monoisotopic (exact) mass is 591 g/mol. The second-order valence-corrected chi connectivity index (χ2v) is 12.0. The van der Waals surface area contributed by atoms with Crippen molar-refractivity contribution < 1.29 is 25.2 Å². The fraction of sp³-hybridized carbons (Fsp3) is 0.543. The first kappa shape index (κ1) is 32.5. The van der Waals surface area contributed by atoms with Gasteiger partial charge in [-0.3, -0.25) is 0 Å². The summed E-state index contributed by atoms with van der Waals surface area (Å²) >= 11 is 0. The number of nitrogens with two attached hydrogens (primary N) is 1. The summed E-state index contributed by atoms with van der Waals surface area (Å²) in [6.45, 7) is 2.59. The molecule has 2 aliphatic rings. The molecule has 8 heteroatoms. The van der Waals surface area contributed by atoms with E-state index in [2.05, 4.69) is 35.1 Å². The lowest BCUT2D eigenvalue weighted by molar-refractivity contribution is 0.00559. The van der Waals surface area contributed by atoms with Crippen molar-refractivity contribution in [2.24, 2.45) is 23.5 Å². The van der Waals surface area contributed by atoms with E-state index < -0.39 is 18.3 Å². The summed E-state index contributed by atoms with van der Waals surface area (Å²) in [4.78, 5) is 3.26. The highest BCUT2D eigenvalue weighted by molar-refractivity contribution is 5.42. The van der Waals surface area contributed by atoms with Gasteiger partial charge in [0.05, 0.1) is 24.6 Å². The zero-order chi connectivity index (χ0) is 30.6. The van der Waals surface area contributed by atoms with Crippen LogP contribution in [0.1, 0.15) is 69.5 Å². The van der Waals surface area contributed by atoms with Crippen LogP contribution in [-0.2, 0) is 12.8 Å². The van der Waals surface area contributed by atoms with E-state index in [0.29, 0.717) is 56.1 Å². The van der Waals surface area contributed by atoms with Gasteiger partial charge in [-0.1, -0.05) is 37.8 Å². The number of aromatic hydroxyl groups is 1. The Kier molecular flexibility index (Phi) is 12.5. The lowest BCUT2D eigenvalue weighted by Gasteiger charge is -2.27. The van der Waals surface area contributed by atoms with Crippen LogP contribution in [0.3, 0.4) is 0 Å². The van der Waals surface area contributed by atoms with Crippen LogP contribution in [0.15, 0.2) is 60.1 Å². The average Bonchev–Trinajstić information content (AvgIpc) is 3.52. The summed E-state index contributed by atoms with van der Waals surface area (Å²) in [5.74, 6) is 7.64. The van der Waals surface area contributed by atoms with Crippen molar-refractivity contribution in [2.45, 2.75) is 89.4 Å². The molecular weight excluding hydrogens is 542 g/mol. The minimum Gasteiger partial charge on any atom is -0.504 e. The number of benzene rings is 1. The number of phenolic OH excluding ortho intramolecular Hbond substituents is 1. The summed E-state index contributed by atoms with van der Waals surface area (Å²) in [6.07, 6.45) is 11.6. The highest BCUT2D eigenvalue weighted by Gasteiger charge is 2.27. The highest BCUT2D eigenvalue weighted by Crippen LogP contribution is 2.32. The number of aliphatic hydroxyl groups is 3. The van der Waals surface area contributed by atoms with Crippen LogP contribution in [0.25, 0.3) is 0 Å². The van der Waals surface area contributed by atoms with Gasteiger partial charge >= 0.3 is 0 Å². The molecule has 0 unspecified atom stereocenters. The average molecular weight is 592 g/mol. The number of phenols is 1. The molecule has 8 nitrogen and oxygen atoms in total. The molecule has 43 heavy (non-hydrogen) atoms. The van der Waals surface area contributed by atoms with Crippen LogP contribution in [0, 0.1) is 29.6 Å². The van der Waals surface area contributed by atoms with Gasteiger partial charge in [-0.2, -0.15) is 0 Å². The standard InChI is InChI=1S/C35H49N3O5/c1-2-24-7-3-4-11-31(40)30(10-5-8-24)32(41)14-12-25-13-15-33(42)34(19-25)43-29(23-39)21-27(20-28-9-6-17-37-28)26-16-18-38-35(36)22-26/h6,9,13,15-17,19,22,24,27,29-32,37-42H,2-4,7,10-12,14,18,20-21,23,36H2,1H3/t24-,27+,29+,30+,31+,32-/m1/s1. The minimum atomic E-state index is -0.695. The van der Waals surface area contributed by atoms with E-state index in [4.69, 9.17) is 10.5 Å². The molecule has 1 aromatic heterocycles. The predicted octanol–water partition coefficient (Wildman–Crippen LogP) is 4.30. The van der Waals surface area contributed by atoms with Crippen LogP contribution in [0.5, 0.6) is 11.5 Å². The Morgan fingerprint density at radius 3 is 2.77 bits per heavy atom. The molecule has 1 aromatic carbocycles.